The summed E-state index contributed by atoms with van der Waals surface area (Å²) in [5, 5.41) is 3.34. The summed E-state index contributed by atoms with van der Waals surface area (Å²) >= 11 is 0. The molecule has 1 rings (SSSR count). The zero-order valence-corrected chi connectivity index (χ0v) is 10.3. The molecule has 1 heterocycles. The second-order valence-electron chi connectivity index (χ2n) is 4.61. The van der Waals surface area contributed by atoms with E-state index >= 15 is 0 Å². The predicted molar refractivity (Wildman–Crippen MR) is 66.9 cm³/mol. The van der Waals surface area contributed by atoms with Crippen molar-refractivity contribution >= 4 is 0 Å². The summed E-state index contributed by atoms with van der Waals surface area (Å²) in [4.78, 5) is 2.43. The maximum absolute atomic E-state index is 3.34. The molecule has 1 saturated heterocycles. The smallest absolute Gasteiger partial charge is 0.0484 e. The first-order chi connectivity index (χ1) is 7.18. The van der Waals surface area contributed by atoms with Crippen LogP contribution in [0.3, 0.4) is 0 Å². The molecule has 0 aliphatic carbocycles. The largest absolute Gasteiger partial charge is 0.303 e. The van der Waals surface area contributed by atoms with Gasteiger partial charge in [-0.15, -0.1) is 0 Å². The summed E-state index contributed by atoms with van der Waals surface area (Å²) < 4.78 is 0. The molecule has 1 aliphatic rings. The van der Waals surface area contributed by atoms with Crippen LogP contribution in [0.25, 0.3) is 0 Å². The van der Waals surface area contributed by atoms with Crippen LogP contribution in [-0.2, 0) is 0 Å². The molecular weight excluding hydrogens is 184 g/mol. The van der Waals surface area contributed by atoms with Crippen molar-refractivity contribution in [3.8, 4) is 0 Å². The molecule has 0 aromatic heterocycles. The maximum atomic E-state index is 3.34. The zero-order valence-electron chi connectivity index (χ0n) is 10.3. The summed E-state index contributed by atoms with van der Waals surface area (Å²) in [6.07, 6.45) is 7.07. The first-order valence-corrected chi connectivity index (χ1v) is 5.90. The fourth-order valence-electron chi connectivity index (χ4n) is 1.68. The number of hydrogen-bond acceptors (Lipinski definition) is 2. The van der Waals surface area contributed by atoms with E-state index in [1.54, 1.807) is 0 Å². The van der Waals surface area contributed by atoms with E-state index in [4.69, 9.17) is 0 Å². The monoisotopic (exact) mass is 208 g/mol. The molecule has 0 spiro atoms. The van der Waals surface area contributed by atoms with Gasteiger partial charge in [-0.1, -0.05) is 23.3 Å². The Balaban J connectivity index is 2.17. The quantitative estimate of drug-likeness (QED) is 0.699. The van der Waals surface area contributed by atoms with E-state index in [2.05, 4.69) is 43.1 Å². The average molecular weight is 208 g/mol. The normalized spacial score (nSPS) is 18.2. The van der Waals surface area contributed by atoms with Crippen LogP contribution in [0.4, 0.5) is 0 Å². The number of nitrogens with zero attached hydrogens (tertiary/aromatic N) is 1. The van der Waals surface area contributed by atoms with Gasteiger partial charge in [0.05, 0.1) is 0 Å². The Hall–Kier alpha value is -0.600. The van der Waals surface area contributed by atoms with Crippen molar-refractivity contribution in [2.75, 3.05) is 26.3 Å². The molecule has 86 valence electrons. The summed E-state index contributed by atoms with van der Waals surface area (Å²) in [6.45, 7) is 11.1. The summed E-state index contributed by atoms with van der Waals surface area (Å²) in [5.41, 5.74) is 2.94. The molecule has 0 aromatic rings. The molecule has 1 fully saturated rings. The molecule has 0 amide bonds. The molecule has 2 heteroatoms. The lowest BCUT2D eigenvalue weighted by atomic mass is 10.1. The highest BCUT2D eigenvalue weighted by molar-refractivity contribution is 5.03. The van der Waals surface area contributed by atoms with Crippen LogP contribution in [0.2, 0.25) is 0 Å². The highest BCUT2D eigenvalue weighted by Crippen LogP contribution is 2.07. The van der Waals surface area contributed by atoms with E-state index < -0.39 is 0 Å². The second-order valence-corrected chi connectivity index (χ2v) is 4.61. The van der Waals surface area contributed by atoms with E-state index in [0.717, 1.165) is 19.8 Å². The SMILES string of the molecule is CC(C)=CCC/C(C)=C/CN1CCNC1. The third-order valence-corrected chi connectivity index (χ3v) is 2.73. The van der Waals surface area contributed by atoms with E-state index in [-0.39, 0.29) is 0 Å². The van der Waals surface area contributed by atoms with Gasteiger partial charge in [0.2, 0.25) is 0 Å². The van der Waals surface area contributed by atoms with Crippen molar-refractivity contribution in [2.45, 2.75) is 33.6 Å². The molecule has 0 saturated carbocycles. The van der Waals surface area contributed by atoms with Gasteiger partial charge < -0.3 is 5.32 Å². The van der Waals surface area contributed by atoms with Crippen molar-refractivity contribution in [3.05, 3.63) is 23.3 Å². The van der Waals surface area contributed by atoms with E-state index in [0.29, 0.717) is 0 Å². The first kappa shape index (κ1) is 12.5. The van der Waals surface area contributed by atoms with Gasteiger partial charge in [-0.3, -0.25) is 4.90 Å². The van der Waals surface area contributed by atoms with Gasteiger partial charge in [-0.2, -0.15) is 0 Å². The van der Waals surface area contributed by atoms with Gasteiger partial charge in [-0.25, -0.2) is 0 Å². The van der Waals surface area contributed by atoms with Gasteiger partial charge in [0.15, 0.2) is 0 Å². The van der Waals surface area contributed by atoms with Crippen LogP contribution in [0.1, 0.15) is 33.6 Å². The number of rotatable bonds is 5. The van der Waals surface area contributed by atoms with Crippen LogP contribution in [-0.4, -0.2) is 31.2 Å². The molecule has 1 aliphatic heterocycles. The van der Waals surface area contributed by atoms with Crippen LogP contribution in [0, 0.1) is 0 Å². The average Bonchev–Trinajstić information content (AvgIpc) is 2.66. The van der Waals surface area contributed by atoms with Gasteiger partial charge >= 0.3 is 0 Å². The summed E-state index contributed by atoms with van der Waals surface area (Å²) in [7, 11) is 0. The second kappa shape index (κ2) is 6.81. The number of hydrogen-bond donors (Lipinski definition) is 1. The molecule has 0 atom stereocenters. The summed E-state index contributed by atoms with van der Waals surface area (Å²) in [6, 6.07) is 0. The Morgan fingerprint density at radius 2 is 2.07 bits per heavy atom. The van der Waals surface area contributed by atoms with Gasteiger partial charge in [0, 0.05) is 26.3 Å². The van der Waals surface area contributed by atoms with E-state index in [1.165, 1.54) is 30.5 Å². The van der Waals surface area contributed by atoms with Gasteiger partial charge in [-0.05, 0) is 33.6 Å². The molecule has 2 nitrogen and oxygen atoms in total. The Morgan fingerprint density at radius 1 is 1.27 bits per heavy atom. The molecule has 0 radical (unpaired) electrons. The highest BCUT2D eigenvalue weighted by atomic mass is 15.3. The highest BCUT2D eigenvalue weighted by Gasteiger charge is 2.07. The lowest BCUT2D eigenvalue weighted by molar-refractivity contribution is 0.371. The van der Waals surface area contributed by atoms with Crippen LogP contribution in [0.5, 0.6) is 0 Å². The van der Waals surface area contributed by atoms with Crippen molar-refractivity contribution in [1.29, 1.82) is 0 Å². The Labute approximate surface area is 94.0 Å². The van der Waals surface area contributed by atoms with Gasteiger partial charge in [0.1, 0.15) is 0 Å². The van der Waals surface area contributed by atoms with Crippen molar-refractivity contribution in [2.24, 2.45) is 0 Å². The number of allylic oxidation sites excluding steroid dienone is 3. The number of nitrogens with one attached hydrogen (secondary N) is 1. The van der Waals surface area contributed by atoms with Crippen molar-refractivity contribution in [1.82, 2.24) is 10.2 Å². The van der Waals surface area contributed by atoms with Gasteiger partial charge in [0.25, 0.3) is 0 Å². The minimum absolute atomic E-state index is 1.05. The molecule has 0 aromatic carbocycles. The maximum Gasteiger partial charge on any atom is 0.0484 e. The minimum Gasteiger partial charge on any atom is -0.303 e. The van der Waals surface area contributed by atoms with E-state index in [9.17, 15) is 0 Å². The Bertz CT molecular complexity index is 231. The molecule has 0 bridgehead atoms. The fraction of sp³-hybridized carbons (Fsp3) is 0.692. The van der Waals surface area contributed by atoms with Crippen LogP contribution in [0.15, 0.2) is 23.3 Å². The lowest BCUT2D eigenvalue weighted by Crippen LogP contribution is -2.22. The van der Waals surface area contributed by atoms with Crippen molar-refractivity contribution < 1.29 is 0 Å². The van der Waals surface area contributed by atoms with Crippen molar-refractivity contribution in [3.63, 3.8) is 0 Å². The predicted octanol–water partition coefficient (Wildman–Crippen LogP) is 2.54. The third kappa shape index (κ3) is 5.75. The van der Waals surface area contributed by atoms with Crippen LogP contribution < -0.4 is 5.32 Å². The topological polar surface area (TPSA) is 15.3 Å². The molecule has 1 N–H and O–H groups in total. The fourth-order valence-corrected chi connectivity index (χ4v) is 1.68. The zero-order chi connectivity index (χ0) is 11.1. The Morgan fingerprint density at radius 3 is 2.67 bits per heavy atom. The summed E-state index contributed by atoms with van der Waals surface area (Å²) in [5.74, 6) is 0. The third-order valence-electron chi connectivity index (χ3n) is 2.73. The molecular formula is C13H24N2. The lowest BCUT2D eigenvalue weighted by Gasteiger charge is -2.10. The Kier molecular flexibility index (Phi) is 5.66. The van der Waals surface area contributed by atoms with E-state index in [1.807, 2.05) is 0 Å². The first-order valence-electron chi connectivity index (χ1n) is 5.90. The van der Waals surface area contributed by atoms with Crippen LogP contribution >= 0.6 is 0 Å². The minimum atomic E-state index is 1.05. The standard InChI is InChI=1S/C13H24N2/c1-12(2)5-4-6-13(3)7-9-15-10-8-14-11-15/h5,7,14H,4,6,8-11H2,1-3H3/b13-7+. The molecule has 0 unspecified atom stereocenters. The molecule has 15 heavy (non-hydrogen) atoms.